The Morgan fingerprint density at radius 2 is 1.83 bits per heavy atom. The number of rotatable bonds is 6. The highest BCUT2D eigenvalue weighted by Crippen LogP contribution is 2.34. The fraction of sp³-hybridized carbons (Fsp3) is 0.333. The van der Waals surface area contributed by atoms with Crippen LogP contribution in [-0.4, -0.2) is 37.0 Å². The largest absolute Gasteiger partial charge is 0.439 e. The molecule has 1 saturated carbocycles. The van der Waals surface area contributed by atoms with Crippen LogP contribution in [0.4, 0.5) is 0 Å². The van der Waals surface area contributed by atoms with E-state index in [-0.39, 0.29) is 53.3 Å². The number of hydrogen-bond donors (Lipinski definition) is 0. The van der Waals surface area contributed by atoms with Crippen LogP contribution in [0.5, 0.6) is 11.6 Å². The lowest BCUT2D eigenvalue weighted by molar-refractivity contribution is -0.142. The molecule has 1 aliphatic rings. The highest BCUT2D eigenvalue weighted by atomic mass is 32.2. The van der Waals surface area contributed by atoms with Gasteiger partial charge in [-0.3, -0.25) is 14.4 Å². The van der Waals surface area contributed by atoms with Crippen LogP contribution in [0.25, 0.3) is 0 Å². The van der Waals surface area contributed by atoms with E-state index in [1.165, 1.54) is 18.3 Å². The Balaban J connectivity index is 1.76. The first-order chi connectivity index (χ1) is 13.7. The van der Waals surface area contributed by atoms with Crippen LogP contribution >= 0.6 is 0 Å². The molecule has 0 amide bonds. The lowest BCUT2D eigenvalue weighted by Crippen LogP contribution is -2.37. The molecule has 3 rings (SSSR count). The quantitative estimate of drug-likeness (QED) is 0.668. The number of carbonyl (C=O) groups excluding carboxylic acids is 3. The third-order valence-electron chi connectivity index (χ3n) is 4.90. The van der Waals surface area contributed by atoms with E-state index in [2.05, 4.69) is 4.98 Å². The summed E-state index contributed by atoms with van der Waals surface area (Å²) in [5.41, 5.74) is 0.763. The van der Waals surface area contributed by atoms with Gasteiger partial charge in [0.2, 0.25) is 5.88 Å². The Hall–Kier alpha value is -2.87. The van der Waals surface area contributed by atoms with Crippen molar-refractivity contribution in [3.8, 4) is 11.6 Å². The molecule has 0 atom stereocenters. The number of Topliss-reactive ketones (excluding diaryl/α,β-unsaturated/α-hetero) is 3. The smallest absolute Gasteiger partial charge is 0.219 e. The molecule has 152 valence electrons. The number of carbonyl (C=O) groups is 3. The second kappa shape index (κ2) is 8.24. The van der Waals surface area contributed by atoms with Gasteiger partial charge in [0.15, 0.2) is 27.2 Å². The zero-order valence-corrected chi connectivity index (χ0v) is 16.9. The third kappa shape index (κ3) is 4.76. The number of sulfone groups is 1. The molecule has 0 radical (unpaired) electrons. The molecule has 1 aromatic carbocycles. The number of aromatic nitrogens is 1. The van der Waals surface area contributed by atoms with Gasteiger partial charge >= 0.3 is 0 Å². The molecule has 1 fully saturated rings. The fourth-order valence-corrected chi connectivity index (χ4v) is 3.93. The zero-order valence-electron chi connectivity index (χ0n) is 16.1. The van der Waals surface area contributed by atoms with Gasteiger partial charge in [0.1, 0.15) is 11.7 Å². The summed E-state index contributed by atoms with van der Waals surface area (Å²) in [5.74, 6) is -1.73. The molecule has 0 N–H and O–H groups in total. The molecule has 0 bridgehead atoms. The normalized spacial score (nSPS) is 19.8. The van der Waals surface area contributed by atoms with Crippen LogP contribution in [0.15, 0.2) is 47.5 Å². The summed E-state index contributed by atoms with van der Waals surface area (Å²) >= 11 is 0. The molecular weight excluding hydrogens is 394 g/mol. The fourth-order valence-electron chi connectivity index (χ4n) is 3.37. The Morgan fingerprint density at radius 3 is 2.38 bits per heavy atom. The predicted molar refractivity (Wildman–Crippen MR) is 105 cm³/mol. The molecule has 1 heterocycles. The number of ether oxygens (including phenoxy) is 1. The van der Waals surface area contributed by atoms with Crippen molar-refractivity contribution in [2.45, 2.75) is 37.0 Å². The van der Waals surface area contributed by atoms with Crippen molar-refractivity contribution >= 4 is 27.2 Å². The summed E-state index contributed by atoms with van der Waals surface area (Å²) in [5, 5.41) is 0. The summed E-state index contributed by atoms with van der Waals surface area (Å²) in [6.45, 7) is 1.65. The number of hydrogen-bond acceptors (Lipinski definition) is 7. The third-order valence-corrected chi connectivity index (χ3v) is 6.00. The van der Waals surface area contributed by atoms with Crippen LogP contribution in [0.3, 0.4) is 0 Å². The maximum Gasteiger partial charge on any atom is 0.219 e. The van der Waals surface area contributed by atoms with E-state index in [0.29, 0.717) is 5.75 Å². The maximum atomic E-state index is 12.3. The molecule has 0 saturated heterocycles. The number of benzene rings is 1. The predicted octanol–water partition coefficient (Wildman–Crippen LogP) is 2.89. The minimum absolute atomic E-state index is 0.0917. The van der Waals surface area contributed by atoms with Crippen molar-refractivity contribution in [2.75, 3.05) is 6.26 Å². The van der Waals surface area contributed by atoms with Gasteiger partial charge < -0.3 is 4.74 Å². The van der Waals surface area contributed by atoms with Crippen molar-refractivity contribution in [2.24, 2.45) is 5.92 Å². The second-order valence-electron chi connectivity index (χ2n) is 7.07. The summed E-state index contributed by atoms with van der Waals surface area (Å²) in [6, 6.07) is 9.83. The average molecular weight is 415 g/mol. The van der Waals surface area contributed by atoms with Gasteiger partial charge in [-0.05, 0) is 29.7 Å². The summed E-state index contributed by atoms with van der Waals surface area (Å²) in [4.78, 5) is 40.6. The Bertz CT molecular complexity index is 1040. The van der Waals surface area contributed by atoms with Crippen LogP contribution in [0, 0.1) is 5.92 Å². The topological polar surface area (TPSA) is 107 Å². The lowest BCUT2D eigenvalue weighted by Gasteiger charge is -2.26. The molecule has 2 aromatic rings. The highest BCUT2D eigenvalue weighted by Gasteiger charge is 2.39. The van der Waals surface area contributed by atoms with E-state index in [0.717, 1.165) is 11.8 Å². The van der Waals surface area contributed by atoms with E-state index in [4.69, 9.17) is 4.74 Å². The van der Waals surface area contributed by atoms with E-state index >= 15 is 0 Å². The molecule has 8 heteroatoms. The van der Waals surface area contributed by atoms with Crippen LogP contribution in [0.1, 0.15) is 37.7 Å². The van der Waals surface area contributed by atoms with Gasteiger partial charge in [-0.1, -0.05) is 19.1 Å². The van der Waals surface area contributed by atoms with E-state index in [1.54, 1.807) is 31.2 Å². The molecule has 0 unspecified atom stereocenters. The standard InChI is InChI=1S/C21H21NO6S/c1-3-17(23)21-18(24)10-14(11-19(21)25)13-5-4-6-15(9-13)28-20-8-7-16(12-22-20)29(2,26)27/h4-9,12,14,21H,3,10-11H2,1-2H3. The average Bonchev–Trinajstić information content (AvgIpc) is 2.67. The summed E-state index contributed by atoms with van der Waals surface area (Å²) in [6.07, 6.45) is 2.75. The van der Waals surface area contributed by atoms with Gasteiger partial charge in [-0.15, -0.1) is 0 Å². The van der Waals surface area contributed by atoms with Crippen molar-refractivity contribution in [3.05, 3.63) is 48.2 Å². The van der Waals surface area contributed by atoms with Crippen LogP contribution in [-0.2, 0) is 24.2 Å². The summed E-state index contributed by atoms with van der Waals surface area (Å²) < 4.78 is 28.7. The van der Waals surface area contributed by atoms with Gasteiger partial charge in [0, 0.05) is 37.8 Å². The molecule has 7 nitrogen and oxygen atoms in total. The van der Waals surface area contributed by atoms with Gasteiger partial charge in [-0.2, -0.15) is 0 Å². The van der Waals surface area contributed by atoms with E-state index < -0.39 is 15.8 Å². The SMILES string of the molecule is CCC(=O)C1C(=O)CC(c2cccc(Oc3ccc(S(C)(=O)=O)cn3)c2)CC1=O. The Morgan fingerprint density at radius 1 is 1.14 bits per heavy atom. The number of nitrogens with zero attached hydrogens (tertiary/aromatic N) is 1. The summed E-state index contributed by atoms with van der Waals surface area (Å²) in [7, 11) is -3.34. The van der Waals surface area contributed by atoms with Crippen molar-refractivity contribution in [1.29, 1.82) is 0 Å². The molecule has 1 aliphatic carbocycles. The minimum atomic E-state index is -3.34. The van der Waals surface area contributed by atoms with E-state index in [1.807, 2.05) is 0 Å². The van der Waals surface area contributed by atoms with Crippen LogP contribution in [0.2, 0.25) is 0 Å². The van der Waals surface area contributed by atoms with E-state index in [9.17, 15) is 22.8 Å². The lowest BCUT2D eigenvalue weighted by atomic mass is 9.75. The zero-order chi connectivity index (χ0) is 21.2. The van der Waals surface area contributed by atoms with Crippen molar-refractivity contribution in [3.63, 3.8) is 0 Å². The molecule has 29 heavy (non-hydrogen) atoms. The highest BCUT2D eigenvalue weighted by molar-refractivity contribution is 7.90. The first-order valence-corrected chi connectivity index (χ1v) is 11.1. The van der Waals surface area contributed by atoms with Gasteiger partial charge in [0.25, 0.3) is 0 Å². The van der Waals surface area contributed by atoms with Crippen LogP contribution < -0.4 is 4.74 Å². The monoisotopic (exact) mass is 415 g/mol. The molecule has 0 aliphatic heterocycles. The minimum Gasteiger partial charge on any atom is -0.439 e. The Kier molecular flexibility index (Phi) is 5.93. The van der Waals surface area contributed by atoms with Crippen molar-refractivity contribution < 1.29 is 27.5 Å². The second-order valence-corrected chi connectivity index (χ2v) is 9.09. The molecule has 0 spiro atoms. The number of pyridine rings is 1. The van der Waals surface area contributed by atoms with Gasteiger partial charge in [0.05, 0.1) is 4.90 Å². The molecular formula is C21H21NO6S. The first kappa shape index (κ1) is 20.9. The molecule has 1 aromatic heterocycles. The number of ketones is 3. The van der Waals surface area contributed by atoms with Crippen molar-refractivity contribution in [1.82, 2.24) is 4.98 Å². The maximum absolute atomic E-state index is 12.3. The van der Waals surface area contributed by atoms with Gasteiger partial charge in [-0.25, -0.2) is 13.4 Å². The Labute approximate surface area is 169 Å². The first-order valence-electron chi connectivity index (χ1n) is 9.21.